The Morgan fingerprint density at radius 1 is 1.03 bits per heavy atom. The number of nitrogens with zero attached hydrogens (tertiary/aromatic N) is 5. The predicted molar refractivity (Wildman–Crippen MR) is 133 cm³/mol. The second kappa shape index (κ2) is 9.51. The van der Waals surface area contributed by atoms with E-state index in [1.54, 1.807) is 13.2 Å². The van der Waals surface area contributed by atoms with Crippen molar-refractivity contribution < 1.29 is 17.7 Å². The van der Waals surface area contributed by atoms with Crippen LogP contribution in [-0.2, 0) is 15.8 Å². The molecule has 1 aliphatic rings. The number of aryl methyl sites for hydroxylation is 1. The van der Waals surface area contributed by atoms with Crippen molar-refractivity contribution in [3.63, 3.8) is 0 Å². The fourth-order valence-corrected chi connectivity index (χ4v) is 5.51. The van der Waals surface area contributed by atoms with Crippen molar-refractivity contribution in [1.82, 2.24) is 19.4 Å². The molecule has 35 heavy (non-hydrogen) atoms. The minimum absolute atomic E-state index is 0.194. The summed E-state index contributed by atoms with van der Waals surface area (Å²) < 4.78 is 38.1. The lowest BCUT2D eigenvalue weighted by atomic mass is 10.2. The van der Waals surface area contributed by atoms with E-state index in [1.807, 2.05) is 60.4 Å². The molecule has 1 fully saturated rings. The first kappa shape index (κ1) is 23.1. The van der Waals surface area contributed by atoms with Gasteiger partial charge in [-0.05, 0) is 43.3 Å². The number of para-hydroxylation sites is 1. The Morgan fingerprint density at radius 2 is 1.77 bits per heavy atom. The number of benzene rings is 2. The summed E-state index contributed by atoms with van der Waals surface area (Å²) in [7, 11) is -1.92. The van der Waals surface area contributed by atoms with Crippen LogP contribution < -0.4 is 15.0 Å². The monoisotopic (exact) mass is 494 g/mol. The third-order valence-corrected chi connectivity index (χ3v) is 7.68. The van der Waals surface area contributed by atoms with Crippen molar-refractivity contribution in [2.75, 3.05) is 43.5 Å². The van der Waals surface area contributed by atoms with Crippen molar-refractivity contribution in [3.05, 3.63) is 66.0 Å². The molecule has 0 aliphatic carbocycles. The highest BCUT2D eigenvalue weighted by Gasteiger charge is 2.29. The lowest BCUT2D eigenvalue weighted by Gasteiger charge is -2.34. The van der Waals surface area contributed by atoms with Gasteiger partial charge in [-0.1, -0.05) is 17.3 Å². The molecule has 0 amide bonds. The van der Waals surface area contributed by atoms with Gasteiger partial charge in [0.15, 0.2) is 5.58 Å². The van der Waals surface area contributed by atoms with Crippen LogP contribution in [0.1, 0.15) is 11.4 Å². The van der Waals surface area contributed by atoms with Gasteiger partial charge in [-0.3, -0.25) is 0 Å². The molecule has 0 spiro atoms. The quantitative estimate of drug-likeness (QED) is 0.413. The van der Waals surface area contributed by atoms with Gasteiger partial charge < -0.3 is 19.5 Å². The predicted octanol–water partition coefficient (Wildman–Crippen LogP) is 3.33. The average Bonchev–Trinajstić information content (AvgIpc) is 3.26. The normalized spacial score (nSPS) is 14.9. The zero-order chi connectivity index (χ0) is 24.4. The fraction of sp³-hybridized carbons (Fsp3) is 0.292. The maximum absolute atomic E-state index is 13.1. The Morgan fingerprint density at radius 3 is 2.51 bits per heavy atom. The second-order valence-corrected chi connectivity index (χ2v) is 10.3. The van der Waals surface area contributed by atoms with Crippen LogP contribution in [0, 0.1) is 6.92 Å². The molecule has 0 saturated carbocycles. The van der Waals surface area contributed by atoms with E-state index in [0.29, 0.717) is 49.2 Å². The summed E-state index contributed by atoms with van der Waals surface area (Å²) in [5, 5.41) is 7.99. The van der Waals surface area contributed by atoms with E-state index in [0.717, 1.165) is 22.5 Å². The summed E-state index contributed by atoms with van der Waals surface area (Å²) in [5.74, 6) is 1.83. The van der Waals surface area contributed by atoms with Gasteiger partial charge in [0.1, 0.15) is 23.0 Å². The fourth-order valence-electron chi connectivity index (χ4n) is 4.05. The van der Waals surface area contributed by atoms with E-state index >= 15 is 0 Å². The van der Waals surface area contributed by atoms with Crippen LogP contribution in [0.3, 0.4) is 0 Å². The van der Waals surface area contributed by atoms with Crippen LogP contribution >= 0.6 is 0 Å². The summed E-state index contributed by atoms with van der Waals surface area (Å²) in [5.41, 5.74) is 2.71. The molecule has 3 heterocycles. The van der Waals surface area contributed by atoms with Crippen LogP contribution in [0.4, 0.5) is 17.5 Å². The zero-order valence-corrected chi connectivity index (χ0v) is 20.3. The first-order chi connectivity index (χ1) is 16.9. The Hall–Kier alpha value is -3.70. The Labute approximate surface area is 203 Å². The minimum atomic E-state index is -3.55. The molecular weight excluding hydrogens is 468 g/mol. The third-order valence-electron chi connectivity index (χ3n) is 5.89. The molecular formula is C24H26N6O4S. The number of rotatable bonds is 7. The smallest absolute Gasteiger partial charge is 0.227 e. The van der Waals surface area contributed by atoms with Crippen molar-refractivity contribution in [3.8, 4) is 5.75 Å². The highest BCUT2D eigenvalue weighted by atomic mass is 32.2. The standard InChI is InChI=1S/C24H26N6O4S/c1-17-15-23(26-18-7-9-19(33-2)10-8-18)27-24(25-17)29-11-13-30(14-12-29)35(31,32)16-21-20-5-3-4-6-22(20)34-28-21/h3-10,15H,11-14,16H2,1-2H3,(H,25,26,27). The number of hydrogen-bond donors (Lipinski definition) is 1. The Kier molecular flexibility index (Phi) is 6.27. The number of nitrogens with one attached hydrogen (secondary N) is 1. The molecule has 2 aromatic carbocycles. The van der Waals surface area contributed by atoms with Gasteiger partial charge >= 0.3 is 0 Å². The van der Waals surface area contributed by atoms with Gasteiger partial charge in [0, 0.05) is 49.0 Å². The van der Waals surface area contributed by atoms with Gasteiger partial charge in [-0.15, -0.1) is 0 Å². The van der Waals surface area contributed by atoms with Crippen molar-refractivity contribution >= 4 is 38.4 Å². The molecule has 2 aromatic heterocycles. The molecule has 4 aromatic rings. The third kappa shape index (κ3) is 5.05. The molecule has 182 valence electrons. The Bertz CT molecular complexity index is 1430. The maximum atomic E-state index is 13.1. The number of methoxy groups -OCH3 is 1. The van der Waals surface area contributed by atoms with Gasteiger partial charge in [0.25, 0.3) is 0 Å². The molecule has 0 bridgehead atoms. The molecule has 0 radical (unpaired) electrons. The largest absolute Gasteiger partial charge is 0.497 e. The van der Waals surface area contributed by atoms with E-state index in [9.17, 15) is 8.42 Å². The van der Waals surface area contributed by atoms with E-state index < -0.39 is 10.0 Å². The molecule has 1 aliphatic heterocycles. The topological polar surface area (TPSA) is 114 Å². The van der Waals surface area contributed by atoms with Gasteiger partial charge in [0.2, 0.25) is 16.0 Å². The van der Waals surface area contributed by atoms with E-state index in [4.69, 9.17) is 9.26 Å². The number of sulfonamides is 1. The maximum Gasteiger partial charge on any atom is 0.227 e. The zero-order valence-electron chi connectivity index (χ0n) is 19.5. The highest BCUT2D eigenvalue weighted by Crippen LogP contribution is 2.24. The number of ether oxygens (including phenoxy) is 1. The van der Waals surface area contributed by atoms with Crippen LogP contribution in [-0.4, -0.2) is 61.1 Å². The van der Waals surface area contributed by atoms with Gasteiger partial charge in [0.05, 0.1) is 7.11 Å². The lowest BCUT2D eigenvalue weighted by molar-refractivity contribution is 0.380. The highest BCUT2D eigenvalue weighted by molar-refractivity contribution is 7.88. The number of piperazine rings is 1. The van der Waals surface area contributed by atoms with Crippen LogP contribution in [0.25, 0.3) is 11.0 Å². The van der Waals surface area contributed by atoms with Crippen LogP contribution in [0.5, 0.6) is 5.75 Å². The first-order valence-electron chi connectivity index (χ1n) is 11.2. The molecule has 0 unspecified atom stereocenters. The summed E-state index contributed by atoms with van der Waals surface area (Å²) >= 11 is 0. The van der Waals surface area contributed by atoms with Crippen molar-refractivity contribution in [2.45, 2.75) is 12.7 Å². The number of aromatic nitrogens is 3. The summed E-state index contributed by atoms with van der Waals surface area (Å²) in [6.07, 6.45) is 0. The summed E-state index contributed by atoms with van der Waals surface area (Å²) in [6, 6.07) is 16.7. The van der Waals surface area contributed by atoms with E-state index in [1.165, 1.54) is 4.31 Å². The van der Waals surface area contributed by atoms with Gasteiger partial charge in [-0.2, -0.15) is 9.29 Å². The molecule has 1 N–H and O–H groups in total. The van der Waals surface area contributed by atoms with Gasteiger partial charge in [-0.25, -0.2) is 13.4 Å². The van der Waals surface area contributed by atoms with Crippen LogP contribution in [0.15, 0.2) is 59.1 Å². The number of fused-ring (bicyclic) bond motifs is 1. The number of hydrogen-bond acceptors (Lipinski definition) is 9. The molecule has 10 nitrogen and oxygen atoms in total. The summed E-state index contributed by atoms with van der Waals surface area (Å²) in [4.78, 5) is 11.2. The molecule has 1 saturated heterocycles. The van der Waals surface area contributed by atoms with Crippen LogP contribution in [0.2, 0.25) is 0 Å². The number of anilines is 3. The molecule has 0 atom stereocenters. The Balaban J connectivity index is 1.25. The van der Waals surface area contributed by atoms with Crippen molar-refractivity contribution in [1.29, 1.82) is 0 Å². The first-order valence-corrected chi connectivity index (χ1v) is 12.8. The molecule has 5 rings (SSSR count). The van der Waals surface area contributed by atoms with E-state index in [2.05, 4.69) is 20.4 Å². The lowest BCUT2D eigenvalue weighted by Crippen LogP contribution is -2.49. The average molecular weight is 495 g/mol. The molecule has 11 heteroatoms. The second-order valence-electron chi connectivity index (χ2n) is 8.32. The minimum Gasteiger partial charge on any atom is -0.497 e. The summed E-state index contributed by atoms with van der Waals surface area (Å²) in [6.45, 7) is 3.58. The SMILES string of the molecule is COc1ccc(Nc2cc(C)nc(N3CCN(S(=O)(=O)Cc4noc5ccccc45)CC3)n2)cc1. The van der Waals surface area contributed by atoms with E-state index in [-0.39, 0.29) is 5.75 Å². The van der Waals surface area contributed by atoms with Crippen molar-refractivity contribution in [2.24, 2.45) is 0 Å².